The van der Waals surface area contributed by atoms with Crippen molar-refractivity contribution in [3.8, 4) is 0 Å². The fourth-order valence-corrected chi connectivity index (χ4v) is 8.89. The summed E-state index contributed by atoms with van der Waals surface area (Å²) in [5, 5.41) is 21.7. The second-order valence-corrected chi connectivity index (χ2v) is 11.5. The molecular weight excluding hydrogens is 332 g/mol. The second-order valence-electron chi connectivity index (χ2n) is 11.5. The van der Waals surface area contributed by atoms with Gasteiger partial charge in [-0.05, 0) is 97.7 Å². The highest BCUT2D eigenvalue weighted by atomic mass is 16.3. The molecule has 0 aromatic rings. The molecule has 4 saturated carbocycles. The third-order valence-electron chi connectivity index (χ3n) is 10.5. The van der Waals surface area contributed by atoms with E-state index in [1.165, 1.54) is 51.4 Å². The fraction of sp³-hybridized carbons (Fsp3) is 1.00. The van der Waals surface area contributed by atoms with Crippen LogP contribution in [-0.2, 0) is 0 Å². The summed E-state index contributed by atoms with van der Waals surface area (Å²) in [4.78, 5) is 0. The maximum atomic E-state index is 11.5. The molecule has 4 rings (SSSR count). The van der Waals surface area contributed by atoms with E-state index in [0.29, 0.717) is 23.2 Å². The van der Waals surface area contributed by atoms with Crippen LogP contribution < -0.4 is 0 Å². The lowest BCUT2D eigenvalue weighted by Crippen LogP contribution is -2.58. The van der Waals surface area contributed by atoms with E-state index in [4.69, 9.17) is 0 Å². The zero-order valence-electron chi connectivity index (χ0n) is 18.3. The number of aliphatic hydroxyl groups is 2. The molecule has 0 saturated heterocycles. The van der Waals surface area contributed by atoms with Gasteiger partial charge in [0.1, 0.15) is 0 Å². The molecule has 0 aromatic carbocycles. The van der Waals surface area contributed by atoms with Gasteiger partial charge in [-0.3, -0.25) is 0 Å². The Kier molecular flexibility index (Phi) is 5.47. The highest BCUT2D eigenvalue weighted by Crippen LogP contribution is 2.68. The van der Waals surface area contributed by atoms with E-state index in [0.717, 1.165) is 37.0 Å². The molecule has 27 heavy (non-hydrogen) atoms. The van der Waals surface area contributed by atoms with Crippen LogP contribution in [0.1, 0.15) is 98.3 Å². The first-order valence-electron chi connectivity index (χ1n) is 12.2. The van der Waals surface area contributed by atoms with Crippen LogP contribution in [0.4, 0.5) is 0 Å². The van der Waals surface area contributed by atoms with Crippen LogP contribution in [0.25, 0.3) is 0 Å². The summed E-state index contributed by atoms with van der Waals surface area (Å²) >= 11 is 0. The molecule has 0 aliphatic heterocycles. The summed E-state index contributed by atoms with van der Waals surface area (Å²) in [5.41, 5.74) is 0.502. The van der Waals surface area contributed by atoms with Gasteiger partial charge in [0.25, 0.3) is 0 Å². The van der Waals surface area contributed by atoms with E-state index in [9.17, 15) is 10.2 Å². The van der Waals surface area contributed by atoms with E-state index < -0.39 is 0 Å². The smallest absolute Gasteiger partial charge is 0.0602 e. The number of aliphatic hydroxyl groups excluding tert-OH is 2. The van der Waals surface area contributed by atoms with Gasteiger partial charge in [-0.15, -0.1) is 0 Å². The van der Waals surface area contributed by atoms with E-state index in [-0.39, 0.29) is 17.6 Å². The van der Waals surface area contributed by atoms with Crippen molar-refractivity contribution in [1.82, 2.24) is 0 Å². The Labute approximate surface area is 167 Å². The zero-order chi connectivity index (χ0) is 19.4. The molecule has 2 N–H and O–H groups in total. The van der Waals surface area contributed by atoms with E-state index in [2.05, 4.69) is 27.7 Å². The Morgan fingerprint density at radius 2 is 1.74 bits per heavy atom. The van der Waals surface area contributed by atoms with Crippen LogP contribution in [0.2, 0.25) is 0 Å². The lowest BCUT2D eigenvalue weighted by Gasteiger charge is -2.62. The SMILES string of the molecule is CCCC[C@@H](C)[C@H]1CC[C@H]2[C@@H]3CCC4C[C@H](O)CC[C@]4(C)[C@H]3C[C@H](O)[C@]12C. The summed E-state index contributed by atoms with van der Waals surface area (Å²) in [6, 6.07) is 0. The zero-order valence-corrected chi connectivity index (χ0v) is 18.3. The van der Waals surface area contributed by atoms with Crippen molar-refractivity contribution in [3.63, 3.8) is 0 Å². The average Bonchev–Trinajstić information content (AvgIpc) is 3.00. The van der Waals surface area contributed by atoms with Gasteiger partial charge in [0.2, 0.25) is 0 Å². The van der Waals surface area contributed by atoms with Crippen molar-refractivity contribution in [2.75, 3.05) is 0 Å². The van der Waals surface area contributed by atoms with Crippen LogP contribution in [-0.4, -0.2) is 22.4 Å². The molecule has 0 aromatic heterocycles. The van der Waals surface area contributed by atoms with E-state index in [1.807, 2.05) is 0 Å². The van der Waals surface area contributed by atoms with Crippen molar-refractivity contribution in [3.05, 3.63) is 0 Å². The third kappa shape index (κ3) is 3.03. The van der Waals surface area contributed by atoms with Crippen molar-refractivity contribution in [2.45, 2.75) is 111 Å². The normalized spacial score (nSPS) is 53.3. The van der Waals surface area contributed by atoms with Crippen LogP contribution in [0.15, 0.2) is 0 Å². The minimum atomic E-state index is -0.122. The fourth-order valence-electron chi connectivity index (χ4n) is 8.89. The van der Waals surface area contributed by atoms with Crippen molar-refractivity contribution in [2.24, 2.45) is 46.3 Å². The molecule has 4 aliphatic carbocycles. The second kappa shape index (κ2) is 7.31. The predicted molar refractivity (Wildman–Crippen MR) is 111 cm³/mol. The third-order valence-corrected chi connectivity index (χ3v) is 10.5. The highest BCUT2D eigenvalue weighted by molar-refractivity contribution is 5.12. The molecule has 2 heteroatoms. The first kappa shape index (κ1) is 20.2. The van der Waals surface area contributed by atoms with Crippen LogP contribution in [0.5, 0.6) is 0 Å². The first-order valence-corrected chi connectivity index (χ1v) is 12.2. The molecule has 2 nitrogen and oxygen atoms in total. The van der Waals surface area contributed by atoms with Gasteiger partial charge >= 0.3 is 0 Å². The van der Waals surface area contributed by atoms with Crippen LogP contribution in [0, 0.1) is 46.3 Å². The number of hydrogen-bond donors (Lipinski definition) is 2. The van der Waals surface area contributed by atoms with Gasteiger partial charge in [0, 0.05) is 0 Å². The monoisotopic (exact) mass is 376 g/mol. The van der Waals surface area contributed by atoms with Crippen LogP contribution in [0.3, 0.4) is 0 Å². The maximum absolute atomic E-state index is 11.5. The van der Waals surface area contributed by atoms with Gasteiger partial charge in [0.15, 0.2) is 0 Å². The average molecular weight is 377 g/mol. The molecule has 10 atom stereocenters. The Balaban J connectivity index is 1.58. The molecule has 0 bridgehead atoms. The van der Waals surface area contributed by atoms with E-state index in [1.54, 1.807) is 0 Å². The van der Waals surface area contributed by atoms with Gasteiger partial charge in [-0.1, -0.05) is 47.0 Å². The summed E-state index contributed by atoms with van der Waals surface area (Å²) in [6.45, 7) is 9.75. The number of unbranched alkanes of at least 4 members (excludes halogenated alkanes) is 1. The van der Waals surface area contributed by atoms with Crippen LogP contribution >= 0.6 is 0 Å². The summed E-state index contributed by atoms with van der Waals surface area (Å²) < 4.78 is 0. The molecule has 0 amide bonds. The van der Waals surface area contributed by atoms with Gasteiger partial charge in [-0.2, -0.15) is 0 Å². The van der Waals surface area contributed by atoms with E-state index >= 15 is 0 Å². The Morgan fingerprint density at radius 1 is 0.963 bits per heavy atom. The Bertz CT molecular complexity index is 532. The highest BCUT2D eigenvalue weighted by Gasteiger charge is 2.63. The molecule has 156 valence electrons. The summed E-state index contributed by atoms with van der Waals surface area (Å²) in [7, 11) is 0. The molecule has 1 unspecified atom stereocenters. The predicted octanol–water partition coefficient (Wildman–Crippen LogP) is 5.80. The molecule has 0 radical (unpaired) electrons. The molecule has 0 heterocycles. The number of fused-ring (bicyclic) bond motifs is 5. The molecule has 4 fully saturated rings. The first-order chi connectivity index (χ1) is 12.8. The Morgan fingerprint density at radius 3 is 2.48 bits per heavy atom. The quantitative estimate of drug-likeness (QED) is 0.650. The number of hydrogen-bond acceptors (Lipinski definition) is 2. The number of rotatable bonds is 4. The van der Waals surface area contributed by atoms with Gasteiger partial charge in [-0.25, -0.2) is 0 Å². The summed E-state index contributed by atoms with van der Waals surface area (Å²) in [5.74, 6) is 4.37. The largest absolute Gasteiger partial charge is 0.393 e. The maximum Gasteiger partial charge on any atom is 0.0602 e. The Hall–Kier alpha value is -0.0800. The van der Waals surface area contributed by atoms with Crippen molar-refractivity contribution in [1.29, 1.82) is 0 Å². The standard InChI is InChI=1S/C25H44O2/c1-5-6-7-16(2)20-10-11-21-19-9-8-17-14-18(26)12-13-24(17,3)22(19)15-23(27)25(20,21)4/h16-23,26-27H,5-15H2,1-4H3/t16-,17?,18-,19+,20-,21+,22+,23+,24+,25-/m1/s1. The molecule has 4 aliphatic rings. The minimum Gasteiger partial charge on any atom is -0.393 e. The molecule has 0 spiro atoms. The topological polar surface area (TPSA) is 40.5 Å². The minimum absolute atomic E-state index is 0.0753. The van der Waals surface area contributed by atoms with Gasteiger partial charge < -0.3 is 10.2 Å². The lowest BCUT2D eigenvalue weighted by molar-refractivity contribution is -0.174. The van der Waals surface area contributed by atoms with Gasteiger partial charge in [0.05, 0.1) is 12.2 Å². The molecular formula is C25H44O2. The summed E-state index contributed by atoms with van der Waals surface area (Å²) in [6.07, 6.45) is 13.3. The van der Waals surface area contributed by atoms with Crippen molar-refractivity contribution >= 4 is 0 Å². The van der Waals surface area contributed by atoms with Crippen molar-refractivity contribution < 1.29 is 10.2 Å². The lowest BCUT2D eigenvalue weighted by atomic mass is 9.43.